The third-order valence-corrected chi connectivity index (χ3v) is 3.60. The Labute approximate surface area is 125 Å². The normalized spacial score (nSPS) is 13.8. The van der Waals surface area contributed by atoms with Crippen LogP contribution in [0.4, 0.5) is 10.1 Å². The monoisotopic (exact) mass is 288 g/mol. The standard InChI is InChI=1S/C17H21FN2O/c1-12-5-4-6-15(9-12)20(3)11-13(2)17(21)16-8-7-14(18)10-19-16/h4-10,13,17,21H,11H2,1-3H3. The second-order valence-electron chi connectivity index (χ2n) is 5.54. The highest BCUT2D eigenvalue weighted by Gasteiger charge is 2.19. The summed E-state index contributed by atoms with van der Waals surface area (Å²) in [6.07, 6.45) is 0.424. The van der Waals surface area contributed by atoms with E-state index in [2.05, 4.69) is 28.9 Å². The molecule has 3 nitrogen and oxygen atoms in total. The summed E-state index contributed by atoms with van der Waals surface area (Å²) in [6, 6.07) is 11.1. The van der Waals surface area contributed by atoms with E-state index in [1.54, 1.807) is 0 Å². The lowest BCUT2D eigenvalue weighted by Gasteiger charge is -2.26. The van der Waals surface area contributed by atoms with Crippen molar-refractivity contribution in [1.82, 2.24) is 4.98 Å². The molecule has 0 aliphatic rings. The van der Waals surface area contributed by atoms with Gasteiger partial charge in [-0.05, 0) is 36.8 Å². The van der Waals surface area contributed by atoms with Gasteiger partial charge in [-0.15, -0.1) is 0 Å². The van der Waals surface area contributed by atoms with Crippen molar-refractivity contribution in [3.63, 3.8) is 0 Å². The van der Waals surface area contributed by atoms with Crippen molar-refractivity contribution in [2.75, 3.05) is 18.5 Å². The third kappa shape index (κ3) is 4.02. The molecule has 0 fully saturated rings. The Balaban J connectivity index is 2.03. The van der Waals surface area contributed by atoms with Crippen LogP contribution in [0.3, 0.4) is 0 Å². The van der Waals surface area contributed by atoms with E-state index in [0.29, 0.717) is 12.2 Å². The number of aliphatic hydroxyl groups is 1. The predicted molar refractivity (Wildman–Crippen MR) is 82.8 cm³/mol. The summed E-state index contributed by atoms with van der Waals surface area (Å²) >= 11 is 0. The fraction of sp³-hybridized carbons (Fsp3) is 0.353. The van der Waals surface area contributed by atoms with E-state index in [0.717, 1.165) is 11.9 Å². The number of hydrogen-bond acceptors (Lipinski definition) is 3. The predicted octanol–water partition coefficient (Wildman–Crippen LogP) is 3.34. The summed E-state index contributed by atoms with van der Waals surface area (Å²) in [5.41, 5.74) is 2.82. The minimum atomic E-state index is -0.710. The highest BCUT2D eigenvalue weighted by Crippen LogP contribution is 2.23. The number of nitrogens with zero attached hydrogens (tertiary/aromatic N) is 2. The van der Waals surface area contributed by atoms with E-state index in [4.69, 9.17) is 0 Å². The van der Waals surface area contributed by atoms with Crippen LogP contribution in [-0.4, -0.2) is 23.7 Å². The Morgan fingerprint density at radius 1 is 1.29 bits per heavy atom. The van der Waals surface area contributed by atoms with Crippen molar-refractivity contribution >= 4 is 5.69 Å². The van der Waals surface area contributed by atoms with Crippen LogP contribution in [-0.2, 0) is 0 Å². The molecule has 0 saturated carbocycles. The fourth-order valence-corrected chi connectivity index (χ4v) is 2.36. The number of rotatable bonds is 5. The first-order chi connectivity index (χ1) is 9.97. The van der Waals surface area contributed by atoms with Gasteiger partial charge in [0, 0.05) is 25.2 Å². The molecule has 0 saturated heterocycles. The Kier molecular flexibility index (Phi) is 4.91. The molecular weight excluding hydrogens is 267 g/mol. The van der Waals surface area contributed by atoms with Gasteiger partial charge in [0.15, 0.2) is 0 Å². The van der Waals surface area contributed by atoms with Crippen LogP contribution in [0.1, 0.15) is 24.3 Å². The minimum Gasteiger partial charge on any atom is -0.386 e. The highest BCUT2D eigenvalue weighted by atomic mass is 19.1. The number of pyridine rings is 1. The van der Waals surface area contributed by atoms with E-state index >= 15 is 0 Å². The molecule has 0 aliphatic carbocycles. The average molecular weight is 288 g/mol. The van der Waals surface area contributed by atoms with Crippen LogP contribution in [0.15, 0.2) is 42.6 Å². The van der Waals surface area contributed by atoms with Gasteiger partial charge in [0.25, 0.3) is 0 Å². The largest absolute Gasteiger partial charge is 0.386 e. The highest BCUT2D eigenvalue weighted by molar-refractivity contribution is 5.47. The van der Waals surface area contributed by atoms with Crippen LogP contribution < -0.4 is 4.90 Å². The number of halogens is 1. The third-order valence-electron chi connectivity index (χ3n) is 3.60. The Morgan fingerprint density at radius 2 is 2.05 bits per heavy atom. The van der Waals surface area contributed by atoms with Gasteiger partial charge in [-0.3, -0.25) is 4.98 Å². The second-order valence-corrected chi connectivity index (χ2v) is 5.54. The molecule has 2 atom stereocenters. The number of aryl methyl sites for hydroxylation is 1. The first kappa shape index (κ1) is 15.4. The molecule has 2 rings (SSSR count). The zero-order valence-corrected chi connectivity index (χ0v) is 12.6. The molecule has 0 radical (unpaired) electrons. The number of hydrogen-bond donors (Lipinski definition) is 1. The topological polar surface area (TPSA) is 36.4 Å². The maximum absolute atomic E-state index is 12.9. The van der Waals surface area contributed by atoms with Crippen molar-refractivity contribution < 1.29 is 9.50 Å². The molecule has 112 valence electrons. The summed E-state index contributed by atoms with van der Waals surface area (Å²) in [5, 5.41) is 10.3. The summed E-state index contributed by atoms with van der Waals surface area (Å²) in [6.45, 7) is 4.70. The van der Waals surface area contributed by atoms with Gasteiger partial charge in [0.2, 0.25) is 0 Å². The molecule has 1 aromatic heterocycles. The molecule has 21 heavy (non-hydrogen) atoms. The molecule has 0 bridgehead atoms. The summed E-state index contributed by atoms with van der Waals surface area (Å²) in [5.74, 6) is -0.413. The smallest absolute Gasteiger partial charge is 0.141 e. The van der Waals surface area contributed by atoms with Gasteiger partial charge >= 0.3 is 0 Å². The van der Waals surface area contributed by atoms with E-state index < -0.39 is 11.9 Å². The van der Waals surface area contributed by atoms with Crippen LogP contribution >= 0.6 is 0 Å². The van der Waals surface area contributed by atoms with E-state index in [9.17, 15) is 9.50 Å². The van der Waals surface area contributed by atoms with Gasteiger partial charge in [-0.2, -0.15) is 0 Å². The van der Waals surface area contributed by atoms with Crippen LogP contribution in [0, 0.1) is 18.7 Å². The zero-order valence-electron chi connectivity index (χ0n) is 12.6. The van der Waals surface area contributed by atoms with Gasteiger partial charge in [-0.25, -0.2) is 4.39 Å². The lowest BCUT2D eigenvalue weighted by Crippen LogP contribution is -2.27. The quantitative estimate of drug-likeness (QED) is 0.916. The molecule has 4 heteroatoms. The first-order valence-electron chi connectivity index (χ1n) is 7.04. The van der Waals surface area contributed by atoms with Crippen molar-refractivity contribution in [2.45, 2.75) is 20.0 Å². The van der Waals surface area contributed by atoms with Crippen LogP contribution in [0.2, 0.25) is 0 Å². The zero-order chi connectivity index (χ0) is 15.4. The maximum atomic E-state index is 12.9. The summed E-state index contributed by atoms with van der Waals surface area (Å²) in [7, 11) is 2.00. The molecule has 1 N–H and O–H groups in total. The van der Waals surface area contributed by atoms with Crippen LogP contribution in [0.25, 0.3) is 0 Å². The SMILES string of the molecule is Cc1cccc(N(C)CC(C)C(O)c2ccc(F)cn2)c1. The number of benzene rings is 1. The number of anilines is 1. The maximum Gasteiger partial charge on any atom is 0.141 e. The van der Waals surface area contributed by atoms with E-state index in [-0.39, 0.29) is 5.92 Å². The molecule has 0 amide bonds. The second kappa shape index (κ2) is 6.68. The Bertz CT molecular complexity index is 586. The molecule has 0 spiro atoms. The Hall–Kier alpha value is -1.94. The van der Waals surface area contributed by atoms with Crippen molar-refractivity contribution in [3.05, 3.63) is 59.7 Å². The van der Waals surface area contributed by atoms with Gasteiger partial charge < -0.3 is 10.0 Å². The van der Waals surface area contributed by atoms with Crippen molar-refractivity contribution in [1.29, 1.82) is 0 Å². The van der Waals surface area contributed by atoms with Crippen molar-refractivity contribution in [3.8, 4) is 0 Å². The molecule has 1 heterocycles. The fourth-order valence-electron chi connectivity index (χ4n) is 2.36. The lowest BCUT2D eigenvalue weighted by atomic mass is 10.0. The van der Waals surface area contributed by atoms with Crippen molar-refractivity contribution in [2.24, 2.45) is 5.92 Å². The first-order valence-corrected chi connectivity index (χ1v) is 7.04. The van der Waals surface area contributed by atoms with E-state index in [1.807, 2.05) is 26.1 Å². The van der Waals surface area contributed by atoms with Crippen LogP contribution in [0.5, 0.6) is 0 Å². The number of aromatic nitrogens is 1. The molecule has 2 aromatic rings. The van der Waals surface area contributed by atoms with Gasteiger partial charge in [0.05, 0.1) is 11.9 Å². The van der Waals surface area contributed by atoms with Gasteiger partial charge in [-0.1, -0.05) is 19.1 Å². The summed E-state index contributed by atoms with van der Waals surface area (Å²) in [4.78, 5) is 6.05. The number of aliphatic hydroxyl groups excluding tert-OH is 1. The van der Waals surface area contributed by atoms with Gasteiger partial charge in [0.1, 0.15) is 11.9 Å². The molecule has 0 aliphatic heterocycles. The molecular formula is C17H21FN2O. The lowest BCUT2D eigenvalue weighted by molar-refractivity contribution is 0.116. The minimum absolute atomic E-state index is 0.0199. The Morgan fingerprint density at radius 3 is 2.67 bits per heavy atom. The van der Waals surface area contributed by atoms with E-state index in [1.165, 1.54) is 17.7 Å². The average Bonchev–Trinajstić information content (AvgIpc) is 2.47. The summed E-state index contributed by atoms with van der Waals surface area (Å²) < 4.78 is 12.9. The molecule has 2 unspecified atom stereocenters. The molecule has 1 aromatic carbocycles.